The van der Waals surface area contributed by atoms with Crippen molar-refractivity contribution in [2.45, 2.75) is 53.8 Å². The number of nitrogens with zero attached hydrogens (tertiary/aromatic N) is 1. The van der Waals surface area contributed by atoms with Gasteiger partial charge in [-0.1, -0.05) is 35.5 Å². The van der Waals surface area contributed by atoms with Crippen molar-refractivity contribution < 1.29 is 28.4 Å². The number of aryl methyl sites for hydroxylation is 1. The molecule has 0 aliphatic rings. The smallest absolute Gasteiger partial charge is 0.348 e. The molecule has 0 saturated carbocycles. The van der Waals surface area contributed by atoms with Gasteiger partial charge in [0.05, 0.1) is 17.8 Å². The van der Waals surface area contributed by atoms with Gasteiger partial charge in [-0.2, -0.15) is 0 Å². The number of hydrogen-bond acceptors (Lipinski definition) is 8. The van der Waals surface area contributed by atoms with E-state index in [4.69, 9.17) is 14.0 Å². The lowest BCUT2D eigenvalue weighted by Gasteiger charge is -2.10. The number of aromatic nitrogens is 1. The molecule has 1 N–H and O–H groups in total. The van der Waals surface area contributed by atoms with Crippen molar-refractivity contribution in [3.8, 4) is 11.3 Å². The van der Waals surface area contributed by atoms with E-state index in [1.807, 2.05) is 30.3 Å². The van der Waals surface area contributed by atoms with Crippen LogP contribution in [0.25, 0.3) is 11.3 Å². The molecule has 2 heterocycles. The third kappa shape index (κ3) is 5.31. The van der Waals surface area contributed by atoms with E-state index in [9.17, 15) is 14.4 Å². The van der Waals surface area contributed by atoms with E-state index in [1.54, 1.807) is 41.5 Å². The Morgan fingerprint density at radius 1 is 0.939 bits per heavy atom. The molecular weight excluding hydrogens is 444 g/mol. The van der Waals surface area contributed by atoms with Crippen LogP contribution in [-0.2, 0) is 9.47 Å². The number of rotatable bonds is 7. The van der Waals surface area contributed by atoms with Crippen LogP contribution in [0.1, 0.15) is 69.4 Å². The number of amides is 1. The van der Waals surface area contributed by atoms with Gasteiger partial charge in [-0.25, -0.2) is 9.59 Å². The van der Waals surface area contributed by atoms with Crippen LogP contribution in [0.2, 0.25) is 0 Å². The molecule has 0 atom stereocenters. The predicted octanol–water partition coefficient (Wildman–Crippen LogP) is 5.40. The number of anilines is 1. The van der Waals surface area contributed by atoms with E-state index in [1.165, 1.54) is 0 Å². The molecule has 0 radical (unpaired) electrons. The topological polar surface area (TPSA) is 108 Å². The van der Waals surface area contributed by atoms with E-state index < -0.39 is 17.8 Å². The van der Waals surface area contributed by atoms with Crippen molar-refractivity contribution >= 4 is 34.2 Å². The fourth-order valence-corrected chi connectivity index (χ4v) is 4.25. The first-order valence-corrected chi connectivity index (χ1v) is 11.3. The summed E-state index contributed by atoms with van der Waals surface area (Å²) in [5.41, 5.74) is 1.83. The quantitative estimate of drug-likeness (QED) is 0.460. The Morgan fingerprint density at radius 3 is 2.15 bits per heavy atom. The Kier molecular flexibility index (Phi) is 7.33. The molecule has 8 nitrogen and oxygen atoms in total. The zero-order chi connectivity index (χ0) is 24.3. The molecule has 0 unspecified atom stereocenters. The molecule has 33 heavy (non-hydrogen) atoms. The summed E-state index contributed by atoms with van der Waals surface area (Å²) < 4.78 is 15.9. The van der Waals surface area contributed by atoms with Crippen molar-refractivity contribution in [1.82, 2.24) is 5.16 Å². The number of benzene rings is 1. The van der Waals surface area contributed by atoms with E-state index >= 15 is 0 Å². The Balaban J connectivity index is 2.03. The molecule has 3 aromatic rings. The molecule has 2 aromatic heterocycles. The molecule has 0 aliphatic carbocycles. The zero-order valence-corrected chi connectivity index (χ0v) is 20.2. The zero-order valence-electron chi connectivity index (χ0n) is 19.3. The van der Waals surface area contributed by atoms with Crippen LogP contribution < -0.4 is 5.32 Å². The largest absolute Gasteiger partial charge is 0.459 e. The molecule has 0 aliphatic heterocycles. The summed E-state index contributed by atoms with van der Waals surface area (Å²) in [5, 5.41) is 6.98. The molecule has 0 spiro atoms. The van der Waals surface area contributed by atoms with Crippen LogP contribution >= 0.6 is 11.3 Å². The van der Waals surface area contributed by atoms with Gasteiger partial charge in [-0.15, -0.1) is 11.3 Å². The summed E-state index contributed by atoms with van der Waals surface area (Å²) in [6.45, 7) is 10.2. The summed E-state index contributed by atoms with van der Waals surface area (Å²) >= 11 is 0.966. The van der Waals surface area contributed by atoms with Crippen LogP contribution in [0.3, 0.4) is 0 Å². The summed E-state index contributed by atoms with van der Waals surface area (Å²) in [4.78, 5) is 38.9. The van der Waals surface area contributed by atoms with Crippen LogP contribution in [0, 0.1) is 13.8 Å². The summed E-state index contributed by atoms with van der Waals surface area (Å²) in [6.07, 6.45) is -0.715. The fourth-order valence-electron chi connectivity index (χ4n) is 3.18. The highest BCUT2D eigenvalue weighted by molar-refractivity contribution is 7.18. The lowest BCUT2D eigenvalue weighted by molar-refractivity contribution is 0.0378. The standard InChI is InChI=1S/C24H26N2O6S/c1-12(2)30-23(28)17-14(5)20(24(29)31-13(3)4)33-22(17)25-21(27)18-15(6)32-26-19(18)16-10-8-7-9-11-16/h7-13H,1-6H3,(H,25,27). The Labute approximate surface area is 195 Å². The lowest BCUT2D eigenvalue weighted by Crippen LogP contribution is -2.17. The SMILES string of the molecule is Cc1onc(-c2ccccc2)c1C(=O)Nc1sc(C(=O)OC(C)C)c(C)c1C(=O)OC(C)C. The molecule has 0 saturated heterocycles. The highest BCUT2D eigenvalue weighted by Crippen LogP contribution is 2.36. The number of esters is 2. The Morgan fingerprint density at radius 2 is 1.55 bits per heavy atom. The van der Waals surface area contributed by atoms with E-state index in [0.717, 1.165) is 11.3 Å². The number of hydrogen-bond donors (Lipinski definition) is 1. The van der Waals surface area contributed by atoms with Crippen molar-refractivity contribution in [3.05, 3.63) is 57.7 Å². The molecule has 1 amide bonds. The first-order valence-electron chi connectivity index (χ1n) is 10.5. The van der Waals surface area contributed by atoms with Crippen LogP contribution in [0.4, 0.5) is 5.00 Å². The van der Waals surface area contributed by atoms with Gasteiger partial charge in [0.2, 0.25) is 0 Å². The predicted molar refractivity (Wildman–Crippen MR) is 125 cm³/mol. The first kappa shape index (κ1) is 24.2. The number of carbonyl (C=O) groups excluding carboxylic acids is 3. The normalized spacial score (nSPS) is 11.0. The fraction of sp³-hybridized carbons (Fsp3) is 0.333. The minimum Gasteiger partial charge on any atom is -0.459 e. The van der Waals surface area contributed by atoms with Crippen molar-refractivity contribution in [2.24, 2.45) is 0 Å². The van der Waals surface area contributed by atoms with Crippen molar-refractivity contribution in [1.29, 1.82) is 0 Å². The second-order valence-electron chi connectivity index (χ2n) is 7.95. The van der Waals surface area contributed by atoms with Gasteiger partial charge in [0.25, 0.3) is 5.91 Å². The maximum absolute atomic E-state index is 13.3. The highest BCUT2D eigenvalue weighted by atomic mass is 32.1. The highest BCUT2D eigenvalue weighted by Gasteiger charge is 2.30. The van der Waals surface area contributed by atoms with Crippen molar-refractivity contribution in [2.75, 3.05) is 5.32 Å². The van der Waals surface area contributed by atoms with E-state index in [2.05, 4.69) is 10.5 Å². The third-order valence-corrected chi connectivity index (χ3v) is 5.77. The van der Waals surface area contributed by atoms with Gasteiger partial charge in [-0.3, -0.25) is 4.79 Å². The van der Waals surface area contributed by atoms with Gasteiger partial charge in [0, 0.05) is 5.56 Å². The summed E-state index contributed by atoms with van der Waals surface area (Å²) in [7, 11) is 0. The minimum atomic E-state index is -0.636. The average molecular weight is 471 g/mol. The van der Waals surface area contributed by atoms with E-state index in [0.29, 0.717) is 22.6 Å². The minimum absolute atomic E-state index is 0.119. The molecule has 9 heteroatoms. The molecule has 1 aromatic carbocycles. The molecule has 0 bridgehead atoms. The number of thiophene rings is 1. The second kappa shape index (κ2) is 9.99. The van der Waals surface area contributed by atoms with Gasteiger partial charge in [-0.05, 0) is 47.1 Å². The van der Waals surface area contributed by atoms with Gasteiger partial charge >= 0.3 is 11.9 Å². The molecule has 3 rings (SSSR count). The summed E-state index contributed by atoms with van der Waals surface area (Å²) in [5.74, 6) is -1.40. The molecular formula is C24H26N2O6S. The second-order valence-corrected chi connectivity index (χ2v) is 8.97. The Bertz CT molecular complexity index is 1180. The Hall–Kier alpha value is -3.46. The first-order chi connectivity index (χ1) is 15.6. The average Bonchev–Trinajstić information content (AvgIpc) is 3.27. The van der Waals surface area contributed by atoms with Gasteiger partial charge in [0.15, 0.2) is 0 Å². The van der Waals surface area contributed by atoms with E-state index in [-0.39, 0.29) is 33.2 Å². The van der Waals surface area contributed by atoms with Crippen molar-refractivity contribution in [3.63, 3.8) is 0 Å². The molecule has 0 fully saturated rings. The summed E-state index contributed by atoms with van der Waals surface area (Å²) in [6, 6.07) is 9.14. The van der Waals surface area contributed by atoms with Gasteiger partial charge < -0.3 is 19.3 Å². The van der Waals surface area contributed by atoms with Crippen LogP contribution in [-0.4, -0.2) is 35.2 Å². The van der Waals surface area contributed by atoms with Gasteiger partial charge in [0.1, 0.15) is 26.9 Å². The van der Waals surface area contributed by atoms with Crippen LogP contribution in [0.5, 0.6) is 0 Å². The number of nitrogens with one attached hydrogen (secondary N) is 1. The third-order valence-electron chi connectivity index (χ3n) is 4.59. The maximum Gasteiger partial charge on any atom is 0.348 e. The monoisotopic (exact) mass is 470 g/mol. The number of carbonyl (C=O) groups is 3. The van der Waals surface area contributed by atoms with Crippen LogP contribution in [0.15, 0.2) is 34.9 Å². The lowest BCUT2D eigenvalue weighted by atomic mass is 10.1. The maximum atomic E-state index is 13.3. The number of ether oxygens (including phenoxy) is 2. The molecule has 174 valence electrons.